The van der Waals surface area contributed by atoms with E-state index in [-0.39, 0.29) is 12.0 Å². The number of para-hydroxylation sites is 1. The molecular formula is C19H32N4O2. The molecular weight excluding hydrogens is 316 g/mol. The average molecular weight is 348 g/mol. The molecule has 0 spiro atoms. The number of ether oxygens (including phenoxy) is 1. The summed E-state index contributed by atoms with van der Waals surface area (Å²) in [5, 5.41) is 9.22. The zero-order valence-electron chi connectivity index (χ0n) is 15.9. The van der Waals surface area contributed by atoms with Gasteiger partial charge in [0.1, 0.15) is 11.9 Å². The number of carbonyl (C=O) groups is 1. The smallest absolute Gasteiger partial charge is 0.221 e. The number of hydrogen-bond donors (Lipinski definition) is 3. The van der Waals surface area contributed by atoms with Crippen LogP contribution >= 0.6 is 0 Å². The number of hydrogen-bond acceptors (Lipinski definition) is 3. The highest BCUT2D eigenvalue weighted by molar-refractivity contribution is 5.81. The maximum Gasteiger partial charge on any atom is 0.221 e. The Morgan fingerprint density at radius 3 is 2.60 bits per heavy atom. The van der Waals surface area contributed by atoms with Crippen LogP contribution in [0.2, 0.25) is 0 Å². The molecule has 1 amide bonds. The normalized spacial score (nSPS) is 12.4. The van der Waals surface area contributed by atoms with Crippen molar-refractivity contribution in [2.24, 2.45) is 4.99 Å². The Bertz CT molecular complexity index is 546. The molecule has 0 saturated carbocycles. The number of aliphatic imine (C=N–C) groups is 1. The van der Waals surface area contributed by atoms with E-state index in [1.165, 1.54) is 0 Å². The summed E-state index contributed by atoms with van der Waals surface area (Å²) in [5.41, 5.74) is 1.11. The van der Waals surface area contributed by atoms with E-state index in [1.54, 1.807) is 0 Å². The zero-order valence-corrected chi connectivity index (χ0v) is 15.9. The quantitative estimate of drug-likeness (QED) is 0.448. The number of nitrogens with zero attached hydrogens (tertiary/aromatic N) is 1. The molecule has 1 rings (SSSR count). The molecule has 1 aromatic rings. The van der Waals surface area contributed by atoms with Gasteiger partial charge in [-0.15, -0.1) is 0 Å². The predicted octanol–water partition coefficient (Wildman–Crippen LogP) is 2.23. The van der Waals surface area contributed by atoms with Gasteiger partial charge in [-0.3, -0.25) is 4.79 Å². The number of benzene rings is 1. The second kappa shape index (κ2) is 12.2. The average Bonchev–Trinajstić information content (AvgIpc) is 2.60. The summed E-state index contributed by atoms with van der Waals surface area (Å²) in [6.07, 6.45) is 1.34. The highest BCUT2D eigenvalue weighted by Crippen LogP contribution is 2.17. The van der Waals surface area contributed by atoms with E-state index in [0.29, 0.717) is 25.5 Å². The molecule has 140 valence electrons. The molecule has 0 bridgehead atoms. The minimum atomic E-state index is -0.0376. The van der Waals surface area contributed by atoms with Crippen LogP contribution in [0.15, 0.2) is 29.3 Å². The van der Waals surface area contributed by atoms with Crippen molar-refractivity contribution in [3.05, 3.63) is 29.8 Å². The Labute approximate surface area is 151 Å². The van der Waals surface area contributed by atoms with E-state index in [4.69, 9.17) is 4.74 Å². The number of guanidine groups is 1. The van der Waals surface area contributed by atoms with Crippen LogP contribution in [0.25, 0.3) is 0 Å². The van der Waals surface area contributed by atoms with Crippen molar-refractivity contribution in [3.8, 4) is 5.75 Å². The maximum atomic E-state index is 11.6. The number of nitrogens with one attached hydrogen (secondary N) is 3. The molecule has 0 saturated heterocycles. The van der Waals surface area contributed by atoms with E-state index in [1.807, 2.05) is 52.0 Å². The van der Waals surface area contributed by atoms with Crippen molar-refractivity contribution in [3.63, 3.8) is 0 Å². The summed E-state index contributed by atoms with van der Waals surface area (Å²) in [7, 11) is 0. The lowest BCUT2D eigenvalue weighted by Gasteiger charge is -2.16. The van der Waals surface area contributed by atoms with Crippen molar-refractivity contribution < 1.29 is 9.53 Å². The van der Waals surface area contributed by atoms with Gasteiger partial charge < -0.3 is 20.7 Å². The Hall–Kier alpha value is -2.24. The molecule has 1 unspecified atom stereocenters. The van der Waals surface area contributed by atoms with E-state index in [0.717, 1.165) is 30.8 Å². The van der Waals surface area contributed by atoms with Crippen LogP contribution in [0.4, 0.5) is 0 Å². The number of rotatable bonds is 10. The third kappa shape index (κ3) is 8.98. The fourth-order valence-corrected chi connectivity index (χ4v) is 2.15. The molecule has 0 heterocycles. The second-order valence-electron chi connectivity index (χ2n) is 5.94. The molecule has 0 fully saturated rings. The zero-order chi connectivity index (χ0) is 18.5. The third-order valence-electron chi connectivity index (χ3n) is 3.49. The second-order valence-corrected chi connectivity index (χ2v) is 5.94. The largest absolute Gasteiger partial charge is 0.489 e. The summed E-state index contributed by atoms with van der Waals surface area (Å²) in [5.74, 6) is 1.64. The van der Waals surface area contributed by atoms with Gasteiger partial charge in [0.15, 0.2) is 5.96 Å². The highest BCUT2D eigenvalue weighted by Gasteiger charge is 2.07. The van der Waals surface area contributed by atoms with Crippen LogP contribution in [0.5, 0.6) is 5.75 Å². The molecule has 0 radical (unpaired) electrons. The van der Waals surface area contributed by atoms with Gasteiger partial charge in [0.05, 0.1) is 6.54 Å². The van der Waals surface area contributed by atoms with E-state index in [9.17, 15) is 4.79 Å². The van der Waals surface area contributed by atoms with Crippen molar-refractivity contribution in [2.75, 3.05) is 26.2 Å². The summed E-state index contributed by atoms with van der Waals surface area (Å²) in [4.78, 5) is 16.1. The first-order chi connectivity index (χ1) is 12.1. The van der Waals surface area contributed by atoms with Crippen molar-refractivity contribution in [1.82, 2.24) is 16.0 Å². The van der Waals surface area contributed by atoms with Crippen molar-refractivity contribution in [1.29, 1.82) is 0 Å². The Morgan fingerprint density at radius 2 is 1.92 bits per heavy atom. The Kier molecular flexibility index (Phi) is 10.1. The molecule has 0 aliphatic rings. The van der Waals surface area contributed by atoms with Gasteiger partial charge in [0.2, 0.25) is 5.91 Å². The molecule has 6 nitrogen and oxygen atoms in total. The fourth-order valence-electron chi connectivity index (χ4n) is 2.15. The summed E-state index contributed by atoms with van der Waals surface area (Å²) in [6.45, 7) is 10.6. The van der Waals surface area contributed by atoms with Crippen LogP contribution in [-0.4, -0.2) is 44.1 Å². The van der Waals surface area contributed by atoms with Gasteiger partial charge in [-0.25, -0.2) is 4.99 Å². The van der Waals surface area contributed by atoms with Gasteiger partial charge in [-0.1, -0.05) is 25.1 Å². The molecule has 0 aliphatic carbocycles. The molecule has 0 aliphatic heterocycles. The van der Waals surface area contributed by atoms with Crippen LogP contribution < -0.4 is 20.7 Å². The molecule has 1 atom stereocenters. The number of aryl methyl sites for hydroxylation is 1. The van der Waals surface area contributed by atoms with Crippen LogP contribution in [-0.2, 0) is 4.79 Å². The molecule has 1 aromatic carbocycles. The van der Waals surface area contributed by atoms with Gasteiger partial charge in [-0.05, 0) is 38.8 Å². The minimum Gasteiger partial charge on any atom is -0.489 e. The van der Waals surface area contributed by atoms with Crippen LogP contribution in [0.3, 0.4) is 0 Å². The Morgan fingerprint density at radius 1 is 1.16 bits per heavy atom. The SMILES string of the molecule is CCCNC(=O)CCNC(=NCC(C)Oc1ccccc1C)NCC. The first-order valence-electron chi connectivity index (χ1n) is 9.08. The third-order valence-corrected chi connectivity index (χ3v) is 3.49. The van der Waals surface area contributed by atoms with Gasteiger partial charge in [0, 0.05) is 26.1 Å². The molecule has 0 aromatic heterocycles. The summed E-state index contributed by atoms with van der Waals surface area (Å²) in [6, 6.07) is 7.96. The lowest BCUT2D eigenvalue weighted by molar-refractivity contribution is -0.120. The fraction of sp³-hybridized carbons (Fsp3) is 0.579. The lowest BCUT2D eigenvalue weighted by Crippen LogP contribution is -2.40. The molecule has 25 heavy (non-hydrogen) atoms. The minimum absolute atomic E-state index is 0.0376. The first-order valence-corrected chi connectivity index (χ1v) is 9.08. The number of carbonyl (C=O) groups excluding carboxylic acids is 1. The topological polar surface area (TPSA) is 74.8 Å². The first kappa shape index (κ1) is 20.8. The molecule has 3 N–H and O–H groups in total. The van der Waals surface area contributed by atoms with Crippen molar-refractivity contribution in [2.45, 2.75) is 46.6 Å². The standard InChI is InChI=1S/C19H32N4O2/c1-5-12-21-18(24)11-13-22-19(20-6-2)23-14-16(4)25-17-10-8-7-9-15(17)3/h7-10,16H,5-6,11-14H2,1-4H3,(H,21,24)(H2,20,22,23). The van der Waals surface area contributed by atoms with Crippen LogP contribution in [0.1, 0.15) is 39.2 Å². The van der Waals surface area contributed by atoms with Gasteiger partial charge in [-0.2, -0.15) is 0 Å². The van der Waals surface area contributed by atoms with E-state index < -0.39 is 0 Å². The summed E-state index contributed by atoms with van der Waals surface area (Å²) < 4.78 is 5.93. The van der Waals surface area contributed by atoms with E-state index in [2.05, 4.69) is 20.9 Å². The van der Waals surface area contributed by atoms with Gasteiger partial charge in [0.25, 0.3) is 0 Å². The lowest BCUT2D eigenvalue weighted by atomic mass is 10.2. The van der Waals surface area contributed by atoms with E-state index >= 15 is 0 Å². The monoisotopic (exact) mass is 348 g/mol. The highest BCUT2D eigenvalue weighted by atomic mass is 16.5. The van der Waals surface area contributed by atoms with Gasteiger partial charge >= 0.3 is 0 Å². The number of amides is 1. The van der Waals surface area contributed by atoms with Crippen molar-refractivity contribution >= 4 is 11.9 Å². The molecule has 6 heteroatoms. The maximum absolute atomic E-state index is 11.6. The Balaban J connectivity index is 2.43. The predicted molar refractivity (Wildman–Crippen MR) is 103 cm³/mol. The van der Waals surface area contributed by atoms with Crippen LogP contribution in [0, 0.1) is 6.92 Å². The summed E-state index contributed by atoms with van der Waals surface area (Å²) >= 11 is 0.